The van der Waals surface area contributed by atoms with Crippen molar-refractivity contribution in [2.45, 2.75) is 26.5 Å². The Morgan fingerprint density at radius 3 is 2.71 bits per heavy atom. The number of guanidine groups is 1. The fourth-order valence-electron chi connectivity index (χ4n) is 2.03. The quantitative estimate of drug-likeness (QED) is 0.617. The molecule has 0 spiro atoms. The number of rotatable bonds is 6. The van der Waals surface area contributed by atoms with Gasteiger partial charge in [0, 0.05) is 14.1 Å². The van der Waals surface area contributed by atoms with Crippen molar-refractivity contribution < 1.29 is 9.13 Å². The SMILES string of the molecule is CN=C(NCc1nnc(C)n1C)NCC(C)Oc1ccccc1F. The molecule has 1 atom stereocenters. The molecule has 2 N–H and O–H groups in total. The topological polar surface area (TPSA) is 76.4 Å². The van der Waals surface area contributed by atoms with Crippen molar-refractivity contribution in [3.05, 3.63) is 41.7 Å². The van der Waals surface area contributed by atoms with Crippen molar-refractivity contribution in [1.29, 1.82) is 0 Å². The van der Waals surface area contributed by atoms with Gasteiger partial charge in [-0.05, 0) is 26.0 Å². The van der Waals surface area contributed by atoms with Crippen LogP contribution in [0.4, 0.5) is 4.39 Å². The maximum Gasteiger partial charge on any atom is 0.191 e. The molecule has 0 aliphatic rings. The molecule has 2 aromatic rings. The Labute approximate surface area is 141 Å². The van der Waals surface area contributed by atoms with Gasteiger partial charge < -0.3 is 19.9 Å². The number of aryl methyl sites for hydroxylation is 1. The van der Waals surface area contributed by atoms with E-state index < -0.39 is 0 Å². The standard InChI is InChI=1S/C16H23FN6O/c1-11(24-14-8-6-5-7-13(14)17)9-19-16(18-3)20-10-15-22-21-12(2)23(15)4/h5-8,11H,9-10H2,1-4H3,(H2,18,19,20). The minimum absolute atomic E-state index is 0.225. The molecular formula is C16H23FN6O. The van der Waals surface area contributed by atoms with E-state index in [1.54, 1.807) is 25.2 Å². The number of ether oxygens (including phenoxy) is 1. The summed E-state index contributed by atoms with van der Waals surface area (Å²) in [5.41, 5.74) is 0. The van der Waals surface area contributed by atoms with Gasteiger partial charge in [0.25, 0.3) is 0 Å². The first kappa shape index (κ1) is 17.7. The highest BCUT2D eigenvalue weighted by Gasteiger charge is 2.10. The lowest BCUT2D eigenvalue weighted by molar-refractivity contribution is 0.214. The largest absolute Gasteiger partial charge is 0.486 e. The van der Waals surface area contributed by atoms with Gasteiger partial charge in [0.15, 0.2) is 23.4 Å². The van der Waals surface area contributed by atoms with Crippen LogP contribution in [0.1, 0.15) is 18.6 Å². The molecule has 0 amide bonds. The van der Waals surface area contributed by atoms with Crippen LogP contribution in [-0.2, 0) is 13.6 Å². The molecule has 0 saturated heterocycles. The van der Waals surface area contributed by atoms with Crippen molar-refractivity contribution in [2.75, 3.05) is 13.6 Å². The lowest BCUT2D eigenvalue weighted by Gasteiger charge is -2.18. The van der Waals surface area contributed by atoms with Gasteiger partial charge in [-0.3, -0.25) is 4.99 Å². The first-order valence-electron chi connectivity index (χ1n) is 7.71. The lowest BCUT2D eigenvalue weighted by Crippen LogP contribution is -2.41. The van der Waals surface area contributed by atoms with Crippen molar-refractivity contribution >= 4 is 5.96 Å². The van der Waals surface area contributed by atoms with E-state index >= 15 is 0 Å². The van der Waals surface area contributed by atoms with E-state index in [4.69, 9.17) is 4.74 Å². The third kappa shape index (κ3) is 4.68. The molecule has 130 valence electrons. The summed E-state index contributed by atoms with van der Waals surface area (Å²) in [6, 6.07) is 6.35. The summed E-state index contributed by atoms with van der Waals surface area (Å²) in [5, 5.41) is 14.4. The minimum atomic E-state index is -0.371. The van der Waals surface area contributed by atoms with Crippen molar-refractivity contribution in [3.63, 3.8) is 0 Å². The van der Waals surface area contributed by atoms with Crippen LogP contribution < -0.4 is 15.4 Å². The number of aromatic nitrogens is 3. The Kier molecular flexibility index (Phi) is 6.11. The Bertz CT molecular complexity index is 700. The fourth-order valence-corrected chi connectivity index (χ4v) is 2.03. The third-order valence-corrected chi connectivity index (χ3v) is 3.54. The average Bonchev–Trinajstić information content (AvgIpc) is 2.89. The zero-order valence-electron chi connectivity index (χ0n) is 14.4. The van der Waals surface area contributed by atoms with E-state index in [9.17, 15) is 4.39 Å². The van der Waals surface area contributed by atoms with Crippen molar-refractivity contribution in [2.24, 2.45) is 12.0 Å². The van der Waals surface area contributed by atoms with Crippen LogP contribution in [0.15, 0.2) is 29.3 Å². The van der Waals surface area contributed by atoms with Crippen LogP contribution in [0.2, 0.25) is 0 Å². The van der Waals surface area contributed by atoms with Gasteiger partial charge in [-0.25, -0.2) is 4.39 Å². The molecule has 1 heterocycles. The number of hydrogen-bond donors (Lipinski definition) is 2. The Hall–Kier alpha value is -2.64. The second-order valence-corrected chi connectivity index (χ2v) is 5.39. The van der Waals surface area contributed by atoms with Crippen LogP contribution in [-0.4, -0.2) is 40.4 Å². The van der Waals surface area contributed by atoms with Gasteiger partial charge in [-0.2, -0.15) is 0 Å². The molecule has 0 aliphatic heterocycles. The highest BCUT2D eigenvalue weighted by Crippen LogP contribution is 2.16. The maximum atomic E-state index is 13.6. The molecule has 24 heavy (non-hydrogen) atoms. The summed E-state index contributed by atoms with van der Waals surface area (Å²) >= 11 is 0. The van der Waals surface area contributed by atoms with Crippen LogP contribution >= 0.6 is 0 Å². The van der Waals surface area contributed by atoms with E-state index in [1.165, 1.54) is 6.07 Å². The zero-order chi connectivity index (χ0) is 17.5. The smallest absolute Gasteiger partial charge is 0.191 e. The Balaban J connectivity index is 1.81. The fraction of sp³-hybridized carbons (Fsp3) is 0.438. The highest BCUT2D eigenvalue weighted by atomic mass is 19.1. The van der Waals surface area contributed by atoms with Crippen molar-refractivity contribution in [3.8, 4) is 5.75 Å². The Morgan fingerprint density at radius 2 is 2.08 bits per heavy atom. The predicted octanol–water partition coefficient (Wildman–Crippen LogP) is 1.40. The van der Waals surface area contributed by atoms with E-state index in [-0.39, 0.29) is 17.7 Å². The van der Waals surface area contributed by atoms with Crippen LogP contribution in [0.25, 0.3) is 0 Å². The second kappa shape index (κ2) is 8.28. The molecule has 0 saturated carbocycles. The molecule has 1 unspecified atom stereocenters. The lowest BCUT2D eigenvalue weighted by atomic mass is 10.3. The van der Waals surface area contributed by atoms with Gasteiger partial charge in [0.05, 0.1) is 13.1 Å². The monoisotopic (exact) mass is 334 g/mol. The van der Waals surface area contributed by atoms with E-state index in [0.717, 1.165) is 11.6 Å². The van der Waals surface area contributed by atoms with Crippen LogP contribution in [0.5, 0.6) is 5.75 Å². The number of nitrogens with zero attached hydrogens (tertiary/aromatic N) is 4. The van der Waals surface area contributed by atoms with Gasteiger partial charge >= 0.3 is 0 Å². The normalized spacial score (nSPS) is 12.8. The number of nitrogens with one attached hydrogen (secondary N) is 2. The van der Waals surface area contributed by atoms with Crippen LogP contribution in [0, 0.1) is 12.7 Å². The molecule has 2 rings (SSSR count). The molecule has 0 bridgehead atoms. The summed E-state index contributed by atoms with van der Waals surface area (Å²) in [4.78, 5) is 4.14. The molecule has 1 aromatic heterocycles. The Morgan fingerprint density at radius 1 is 1.33 bits per heavy atom. The number of benzene rings is 1. The summed E-state index contributed by atoms with van der Waals surface area (Å²) in [5.74, 6) is 2.14. The summed E-state index contributed by atoms with van der Waals surface area (Å²) < 4.78 is 21.1. The summed E-state index contributed by atoms with van der Waals surface area (Å²) in [7, 11) is 3.59. The third-order valence-electron chi connectivity index (χ3n) is 3.54. The number of hydrogen-bond acceptors (Lipinski definition) is 4. The first-order valence-corrected chi connectivity index (χ1v) is 7.71. The number of aliphatic imine (C=N–C) groups is 1. The van der Waals surface area contributed by atoms with Gasteiger partial charge in [0.2, 0.25) is 0 Å². The summed E-state index contributed by atoms with van der Waals surface area (Å²) in [6.07, 6.45) is -0.225. The van der Waals surface area contributed by atoms with Crippen molar-refractivity contribution in [1.82, 2.24) is 25.4 Å². The molecule has 0 aliphatic carbocycles. The highest BCUT2D eigenvalue weighted by molar-refractivity contribution is 5.79. The molecule has 0 radical (unpaired) electrons. The summed E-state index contributed by atoms with van der Waals surface area (Å²) in [6.45, 7) is 4.73. The molecule has 8 heteroatoms. The average molecular weight is 334 g/mol. The zero-order valence-corrected chi connectivity index (χ0v) is 14.4. The van der Waals surface area contributed by atoms with E-state index in [2.05, 4.69) is 25.8 Å². The molecule has 1 aromatic carbocycles. The second-order valence-electron chi connectivity index (χ2n) is 5.39. The number of halogens is 1. The van der Waals surface area contributed by atoms with Gasteiger partial charge in [0.1, 0.15) is 11.9 Å². The van der Waals surface area contributed by atoms with Crippen LogP contribution in [0.3, 0.4) is 0 Å². The first-order chi connectivity index (χ1) is 11.5. The molecular weight excluding hydrogens is 311 g/mol. The molecule has 7 nitrogen and oxygen atoms in total. The predicted molar refractivity (Wildman–Crippen MR) is 90.4 cm³/mol. The van der Waals surface area contributed by atoms with Gasteiger partial charge in [-0.1, -0.05) is 12.1 Å². The minimum Gasteiger partial charge on any atom is -0.486 e. The number of para-hydroxylation sites is 1. The van der Waals surface area contributed by atoms with Gasteiger partial charge in [-0.15, -0.1) is 10.2 Å². The molecule has 0 fully saturated rings. The van der Waals surface area contributed by atoms with E-state index in [1.807, 2.05) is 25.5 Å². The maximum absolute atomic E-state index is 13.6. The van der Waals surface area contributed by atoms with E-state index in [0.29, 0.717) is 19.0 Å².